The molecule has 1 saturated heterocycles. The van der Waals surface area contributed by atoms with Gasteiger partial charge >= 0.3 is 0 Å². The lowest BCUT2D eigenvalue weighted by Crippen LogP contribution is -2.51. The molecule has 2 aliphatic rings. The molecular weight excluding hydrogens is 313 g/mol. The highest BCUT2D eigenvalue weighted by Gasteiger charge is 2.55. The number of amidine groups is 1. The minimum atomic E-state index is -1.45. The Kier molecular flexibility index (Phi) is 4.84. The Morgan fingerprint density at radius 3 is 2.70 bits per heavy atom. The van der Waals surface area contributed by atoms with Gasteiger partial charge < -0.3 is 25.6 Å². The molecule has 2 aliphatic heterocycles. The maximum atomic E-state index is 10.8. The molecule has 0 amide bonds. The van der Waals surface area contributed by atoms with Gasteiger partial charge in [-0.15, -0.1) is 13.2 Å². The van der Waals surface area contributed by atoms with Crippen LogP contribution in [0.4, 0.5) is 0 Å². The molecule has 23 heavy (non-hydrogen) atoms. The highest BCUT2D eigenvalue weighted by molar-refractivity contribution is 7.72. The molecule has 2 rings (SSSR count). The zero-order chi connectivity index (χ0) is 17.6. The Morgan fingerprint density at radius 1 is 1.57 bits per heavy atom. The van der Waals surface area contributed by atoms with Crippen molar-refractivity contribution in [1.29, 1.82) is 0 Å². The largest absolute Gasteiger partial charge is 0.387 e. The van der Waals surface area contributed by atoms with Gasteiger partial charge in [-0.2, -0.15) is 0 Å². The van der Waals surface area contributed by atoms with Gasteiger partial charge in [0.25, 0.3) is 0 Å². The first kappa shape index (κ1) is 18.3. The Labute approximate surface area is 138 Å². The molecule has 0 aliphatic carbocycles. The normalized spacial score (nSPS) is 36.3. The third kappa shape index (κ3) is 3.72. The van der Waals surface area contributed by atoms with Crippen LogP contribution in [-0.4, -0.2) is 70.8 Å². The van der Waals surface area contributed by atoms with Crippen molar-refractivity contribution >= 4 is 19.0 Å². The fraction of sp³-hybridized carbons (Fsp3) is 0.625. The van der Waals surface area contributed by atoms with E-state index in [1.54, 1.807) is 24.1 Å². The fourth-order valence-electron chi connectivity index (χ4n) is 3.22. The van der Waals surface area contributed by atoms with Crippen molar-refractivity contribution in [1.82, 2.24) is 4.90 Å². The van der Waals surface area contributed by atoms with E-state index in [0.717, 1.165) is 6.16 Å². The van der Waals surface area contributed by atoms with Crippen LogP contribution in [-0.2, 0) is 4.74 Å². The van der Waals surface area contributed by atoms with E-state index in [0.29, 0.717) is 11.7 Å². The average molecular weight is 341 g/mol. The highest BCUT2D eigenvalue weighted by Crippen LogP contribution is 2.43. The summed E-state index contributed by atoms with van der Waals surface area (Å²) in [5.74, 6) is 0.802. The number of aliphatic imine (C=N–C) groups is 1. The van der Waals surface area contributed by atoms with Crippen LogP contribution in [0.3, 0.4) is 0 Å². The monoisotopic (exact) mass is 341 g/mol. The molecule has 0 spiro atoms. The summed E-state index contributed by atoms with van der Waals surface area (Å²) >= 11 is 0. The second-order valence-electron chi connectivity index (χ2n) is 7.40. The molecular formula is C16H28N3O3P. The lowest BCUT2D eigenvalue weighted by Gasteiger charge is -2.35. The van der Waals surface area contributed by atoms with Gasteiger partial charge in [0.2, 0.25) is 0 Å². The number of nitrogens with zero attached hydrogens (tertiary/aromatic N) is 2. The van der Waals surface area contributed by atoms with E-state index in [2.05, 4.69) is 31.2 Å². The minimum Gasteiger partial charge on any atom is -0.387 e. The molecule has 6 nitrogen and oxygen atoms in total. The van der Waals surface area contributed by atoms with Crippen LogP contribution in [0.25, 0.3) is 0 Å². The van der Waals surface area contributed by atoms with E-state index in [1.807, 2.05) is 6.92 Å². The van der Waals surface area contributed by atoms with Crippen molar-refractivity contribution in [3.05, 3.63) is 24.7 Å². The summed E-state index contributed by atoms with van der Waals surface area (Å²) in [6.45, 7) is 10.5. The summed E-state index contributed by atoms with van der Waals surface area (Å²) in [6.07, 6.45) is 6.13. The van der Waals surface area contributed by atoms with Crippen LogP contribution in [0.1, 0.15) is 13.8 Å². The molecule has 4 N–H and O–H groups in total. The van der Waals surface area contributed by atoms with Gasteiger partial charge in [0, 0.05) is 6.20 Å². The predicted octanol–water partition coefficient (Wildman–Crippen LogP) is 0.826. The number of aliphatic hydroxyl groups excluding tert-OH is 1. The van der Waals surface area contributed by atoms with E-state index in [9.17, 15) is 10.2 Å². The van der Waals surface area contributed by atoms with E-state index < -0.39 is 30.9 Å². The van der Waals surface area contributed by atoms with Crippen molar-refractivity contribution in [2.75, 3.05) is 19.5 Å². The number of hydrogen-bond donors (Lipinski definition) is 3. The zero-order valence-corrected chi connectivity index (χ0v) is 15.2. The van der Waals surface area contributed by atoms with E-state index in [-0.39, 0.29) is 5.92 Å². The smallest absolute Gasteiger partial charge is 0.166 e. The molecule has 0 aromatic carbocycles. The first-order chi connectivity index (χ1) is 10.4. The number of nitrogens with two attached hydrogens (primary N) is 1. The second kappa shape index (κ2) is 6.10. The summed E-state index contributed by atoms with van der Waals surface area (Å²) in [7, 11) is 0. The topological polar surface area (TPSA) is 91.3 Å². The molecule has 0 saturated carbocycles. The Morgan fingerprint density at radius 2 is 2.17 bits per heavy atom. The molecule has 0 radical (unpaired) electrons. The maximum absolute atomic E-state index is 10.8. The van der Waals surface area contributed by atoms with Crippen LogP contribution in [0.15, 0.2) is 29.7 Å². The molecule has 0 bridgehead atoms. The van der Waals surface area contributed by atoms with Crippen molar-refractivity contribution in [2.24, 2.45) is 16.6 Å². The fourth-order valence-corrected chi connectivity index (χ4v) is 4.98. The molecule has 1 unspecified atom stereocenters. The van der Waals surface area contributed by atoms with Gasteiger partial charge in [-0.3, -0.25) is 0 Å². The first-order valence-corrected chi connectivity index (χ1v) is 10.7. The van der Waals surface area contributed by atoms with Crippen molar-refractivity contribution in [2.45, 2.75) is 37.9 Å². The van der Waals surface area contributed by atoms with Gasteiger partial charge in [-0.25, -0.2) is 4.99 Å². The van der Waals surface area contributed by atoms with Gasteiger partial charge in [0.15, 0.2) is 6.23 Å². The van der Waals surface area contributed by atoms with E-state index >= 15 is 0 Å². The van der Waals surface area contributed by atoms with Gasteiger partial charge in [0.05, 0.1) is 6.10 Å². The lowest BCUT2D eigenvalue weighted by atomic mass is 9.91. The van der Waals surface area contributed by atoms with Gasteiger partial charge in [-0.05, 0) is 38.4 Å². The quantitative estimate of drug-likeness (QED) is 0.659. The lowest BCUT2D eigenvalue weighted by molar-refractivity contribution is -0.110. The Hall–Kier alpha value is -1.07. The zero-order valence-electron chi connectivity index (χ0n) is 14.3. The highest BCUT2D eigenvalue weighted by atomic mass is 31.2. The van der Waals surface area contributed by atoms with Crippen molar-refractivity contribution < 1.29 is 14.9 Å². The number of rotatable bonds is 4. The average Bonchev–Trinajstić information content (AvgIpc) is 2.60. The Bertz CT molecular complexity index is 593. The van der Waals surface area contributed by atoms with Crippen LogP contribution in [0, 0.1) is 5.92 Å². The van der Waals surface area contributed by atoms with Crippen molar-refractivity contribution in [3.63, 3.8) is 0 Å². The predicted molar refractivity (Wildman–Crippen MR) is 97.0 cm³/mol. The molecule has 1 fully saturated rings. The van der Waals surface area contributed by atoms with Crippen molar-refractivity contribution in [3.8, 4) is 0 Å². The van der Waals surface area contributed by atoms with E-state index in [1.165, 1.54) is 0 Å². The van der Waals surface area contributed by atoms with Gasteiger partial charge in [0.1, 0.15) is 23.4 Å². The number of aliphatic hydroxyl groups is 2. The third-order valence-electron chi connectivity index (χ3n) is 4.25. The summed E-state index contributed by atoms with van der Waals surface area (Å²) in [5, 5.41) is 21.4. The van der Waals surface area contributed by atoms with Crippen LogP contribution in [0.2, 0.25) is 0 Å². The standard InChI is InChI=1S/C16H28N3O3P/c1-10(9-23(4,5)6)13-14(20)16(3,21)15(22-13)19-8-7-12(17)18-11(19)2/h7-8,10,13-15,20-21H,2,4,9H2,1,3,5-6H3,(H2,17,18)/t10?,13-,14-,15-,16-/m1/s1. The first-order valence-electron chi connectivity index (χ1n) is 7.66. The SMILES string of the molecule is C=C1N=C(N)C=CN1[C@@H]1O[C@H](C(C)CP(=C)(C)C)[C@@H](O)[C@@]1(C)O. The number of hydrogen-bond acceptors (Lipinski definition) is 6. The Balaban J connectivity index is 2.22. The second-order valence-corrected chi connectivity index (χ2v) is 11.6. The third-order valence-corrected chi connectivity index (χ3v) is 5.82. The molecule has 130 valence electrons. The minimum absolute atomic E-state index is 0.0814. The summed E-state index contributed by atoms with van der Waals surface area (Å²) in [4.78, 5) is 5.70. The molecule has 2 heterocycles. The molecule has 5 atom stereocenters. The summed E-state index contributed by atoms with van der Waals surface area (Å²) in [6, 6.07) is 0. The van der Waals surface area contributed by atoms with Crippen LogP contribution >= 0.6 is 6.89 Å². The molecule has 0 aromatic heterocycles. The molecule has 0 aromatic rings. The van der Waals surface area contributed by atoms with Gasteiger partial charge in [-0.1, -0.05) is 13.5 Å². The van der Waals surface area contributed by atoms with Crippen LogP contribution in [0.5, 0.6) is 0 Å². The maximum Gasteiger partial charge on any atom is 0.166 e. The number of ether oxygens (including phenoxy) is 1. The van der Waals surface area contributed by atoms with E-state index in [4.69, 9.17) is 10.5 Å². The summed E-state index contributed by atoms with van der Waals surface area (Å²) < 4.78 is 6.04. The summed E-state index contributed by atoms with van der Waals surface area (Å²) in [5.41, 5.74) is 4.20. The molecule has 7 heteroatoms. The van der Waals surface area contributed by atoms with Crippen LogP contribution < -0.4 is 5.73 Å².